The van der Waals surface area contributed by atoms with Gasteiger partial charge in [-0.2, -0.15) is 0 Å². The summed E-state index contributed by atoms with van der Waals surface area (Å²) >= 11 is 0. The summed E-state index contributed by atoms with van der Waals surface area (Å²) < 4.78 is 10.6. The first-order valence-corrected chi connectivity index (χ1v) is 8.71. The minimum absolute atomic E-state index is 0.289. The van der Waals surface area contributed by atoms with E-state index in [1.54, 1.807) is 14.2 Å². The van der Waals surface area contributed by atoms with E-state index >= 15 is 0 Å². The van der Waals surface area contributed by atoms with E-state index in [2.05, 4.69) is 5.32 Å². The molecule has 4 rings (SSSR count). The molecule has 4 atom stereocenters. The summed E-state index contributed by atoms with van der Waals surface area (Å²) in [6, 6.07) is 5.93. The average molecular weight is 315 g/mol. The smallest absolute Gasteiger partial charge is 0.223 e. The van der Waals surface area contributed by atoms with Crippen LogP contribution in [0.15, 0.2) is 18.2 Å². The fourth-order valence-corrected chi connectivity index (χ4v) is 5.16. The lowest BCUT2D eigenvalue weighted by atomic mass is 10.0. The van der Waals surface area contributed by atoms with Crippen LogP contribution in [0.4, 0.5) is 0 Å². The van der Waals surface area contributed by atoms with Crippen LogP contribution in [0.3, 0.4) is 0 Å². The van der Waals surface area contributed by atoms with Crippen molar-refractivity contribution in [2.45, 2.75) is 25.7 Å². The summed E-state index contributed by atoms with van der Waals surface area (Å²) in [5, 5.41) is 3.15. The molecule has 23 heavy (non-hydrogen) atoms. The van der Waals surface area contributed by atoms with Gasteiger partial charge in [-0.15, -0.1) is 0 Å². The van der Waals surface area contributed by atoms with Crippen molar-refractivity contribution < 1.29 is 14.3 Å². The van der Waals surface area contributed by atoms with Crippen LogP contribution in [-0.2, 0) is 11.2 Å². The monoisotopic (exact) mass is 315 g/mol. The highest BCUT2D eigenvalue weighted by molar-refractivity contribution is 5.82. The van der Waals surface area contributed by atoms with Crippen molar-refractivity contribution in [3.05, 3.63) is 23.8 Å². The van der Waals surface area contributed by atoms with Crippen LogP contribution in [0.5, 0.6) is 11.5 Å². The van der Waals surface area contributed by atoms with Crippen molar-refractivity contribution in [3.63, 3.8) is 0 Å². The third kappa shape index (κ3) is 2.48. The van der Waals surface area contributed by atoms with Gasteiger partial charge in [0.15, 0.2) is 11.5 Å². The topological polar surface area (TPSA) is 47.6 Å². The molecule has 1 aromatic carbocycles. The predicted molar refractivity (Wildman–Crippen MR) is 87.6 cm³/mol. The van der Waals surface area contributed by atoms with Crippen LogP contribution in [0.25, 0.3) is 0 Å². The van der Waals surface area contributed by atoms with Gasteiger partial charge in [-0.3, -0.25) is 4.79 Å². The summed E-state index contributed by atoms with van der Waals surface area (Å²) in [7, 11) is 3.28. The zero-order valence-electron chi connectivity index (χ0n) is 13.9. The van der Waals surface area contributed by atoms with E-state index in [0.717, 1.165) is 47.2 Å². The molecular weight excluding hydrogens is 290 g/mol. The van der Waals surface area contributed by atoms with Gasteiger partial charge in [0.2, 0.25) is 5.91 Å². The van der Waals surface area contributed by atoms with Crippen LogP contribution < -0.4 is 14.8 Å². The summed E-state index contributed by atoms with van der Waals surface area (Å²) in [6.45, 7) is 0.694. The van der Waals surface area contributed by atoms with Gasteiger partial charge in [-0.25, -0.2) is 0 Å². The Hall–Kier alpha value is -1.71. The first-order chi connectivity index (χ1) is 11.2. The number of amides is 1. The van der Waals surface area contributed by atoms with Gasteiger partial charge in [-0.1, -0.05) is 6.07 Å². The first kappa shape index (κ1) is 14.9. The van der Waals surface area contributed by atoms with E-state index in [0.29, 0.717) is 12.5 Å². The fraction of sp³-hybridized carbons (Fsp3) is 0.632. The Morgan fingerprint density at radius 3 is 2.48 bits per heavy atom. The highest BCUT2D eigenvalue weighted by Crippen LogP contribution is 2.69. The maximum Gasteiger partial charge on any atom is 0.223 e. The van der Waals surface area contributed by atoms with Crippen molar-refractivity contribution in [1.29, 1.82) is 0 Å². The van der Waals surface area contributed by atoms with E-state index in [-0.39, 0.29) is 5.91 Å². The summed E-state index contributed by atoms with van der Waals surface area (Å²) in [5.74, 6) is 5.23. The lowest BCUT2D eigenvalue weighted by Gasteiger charge is -2.11. The maximum atomic E-state index is 12.4. The third-order valence-corrected chi connectivity index (χ3v) is 6.20. The van der Waals surface area contributed by atoms with Crippen molar-refractivity contribution in [2.24, 2.45) is 29.6 Å². The second kappa shape index (κ2) is 5.73. The third-order valence-electron chi connectivity index (χ3n) is 6.20. The molecule has 0 saturated heterocycles. The Balaban J connectivity index is 1.28. The number of rotatable bonds is 6. The van der Waals surface area contributed by atoms with Crippen molar-refractivity contribution >= 4 is 5.91 Å². The lowest BCUT2D eigenvalue weighted by Crippen LogP contribution is -2.29. The number of nitrogens with one attached hydrogen (secondary N) is 1. The number of fused-ring (bicyclic) bond motifs is 5. The van der Waals surface area contributed by atoms with Crippen molar-refractivity contribution in [1.82, 2.24) is 5.32 Å². The quantitative estimate of drug-likeness (QED) is 0.878. The number of ether oxygens (including phenoxy) is 2. The molecule has 0 aliphatic heterocycles. The van der Waals surface area contributed by atoms with Crippen molar-refractivity contribution in [3.8, 4) is 11.5 Å². The van der Waals surface area contributed by atoms with Crippen molar-refractivity contribution in [2.75, 3.05) is 20.8 Å². The Morgan fingerprint density at radius 1 is 1.13 bits per heavy atom. The molecule has 0 unspecified atom stereocenters. The van der Waals surface area contributed by atoms with Gasteiger partial charge in [0.1, 0.15) is 0 Å². The van der Waals surface area contributed by atoms with E-state index in [1.807, 2.05) is 18.2 Å². The number of methoxy groups -OCH3 is 2. The molecule has 0 heterocycles. The zero-order chi connectivity index (χ0) is 16.0. The molecular formula is C19H25NO3. The molecule has 2 bridgehead atoms. The second-order valence-corrected chi connectivity index (χ2v) is 7.24. The molecule has 4 nitrogen and oxygen atoms in total. The zero-order valence-corrected chi connectivity index (χ0v) is 13.9. The van der Waals surface area contributed by atoms with Crippen LogP contribution in [0.2, 0.25) is 0 Å². The molecule has 4 heteroatoms. The van der Waals surface area contributed by atoms with E-state index in [1.165, 1.54) is 19.3 Å². The number of hydrogen-bond acceptors (Lipinski definition) is 3. The van der Waals surface area contributed by atoms with Gasteiger partial charge in [0, 0.05) is 12.5 Å². The Bertz CT molecular complexity index is 599. The maximum absolute atomic E-state index is 12.4. The van der Waals surface area contributed by atoms with E-state index in [4.69, 9.17) is 9.47 Å². The molecule has 1 N–H and O–H groups in total. The van der Waals surface area contributed by atoms with Crippen LogP contribution in [-0.4, -0.2) is 26.7 Å². The number of benzene rings is 1. The highest BCUT2D eigenvalue weighted by atomic mass is 16.5. The Labute approximate surface area is 137 Å². The van der Waals surface area contributed by atoms with Gasteiger partial charge in [0.05, 0.1) is 14.2 Å². The van der Waals surface area contributed by atoms with Crippen LogP contribution in [0.1, 0.15) is 24.8 Å². The largest absolute Gasteiger partial charge is 0.493 e. The molecule has 124 valence electrons. The van der Waals surface area contributed by atoms with Crippen LogP contribution in [0, 0.1) is 29.6 Å². The Morgan fingerprint density at radius 2 is 1.83 bits per heavy atom. The molecule has 3 fully saturated rings. The summed E-state index contributed by atoms with van der Waals surface area (Å²) in [5.41, 5.74) is 1.15. The summed E-state index contributed by atoms with van der Waals surface area (Å²) in [4.78, 5) is 12.4. The molecule has 1 aromatic rings. The summed E-state index contributed by atoms with van der Waals surface area (Å²) in [6.07, 6.45) is 4.94. The SMILES string of the molecule is COc1ccc(CCNC(=O)C2[C@@H]3[C@H]4CC[C@@H](C4)[C@@H]23)cc1OC. The highest BCUT2D eigenvalue weighted by Gasteiger charge is 2.67. The molecule has 3 aliphatic carbocycles. The van der Waals surface area contributed by atoms with E-state index < -0.39 is 0 Å². The normalized spacial score (nSPS) is 33.2. The predicted octanol–water partition coefficient (Wildman–Crippen LogP) is 2.65. The minimum Gasteiger partial charge on any atom is -0.493 e. The number of carbonyl (C=O) groups is 1. The number of carbonyl (C=O) groups excluding carboxylic acids is 1. The Kier molecular flexibility index (Phi) is 3.70. The molecule has 0 radical (unpaired) electrons. The number of hydrogen-bond donors (Lipinski definition) is 1. The van der Waals surface area contributed by atoms with Gasteiger partial charge in [0.25, 0.3) is 0 Å². The standard InChI is InChI=1S/C19H25NO3/c1-22-14-6-3-11(9-15(14)23-2)7-8-20-19(21)18-16-12-4-5-13(10-12)17(16)18/h3,6,9,12-13,16-18H,4-5,7-8,10H2,1-2H3,(H,20,21)/t12-,13-,16+,17+/m0/s1. The second-order valence-electron chi connectivity index (χ2n) is 7.24. The molecule has 0 aromatic heterocycles. The molecule has 0 spiro atoms. The minimum atomic E-state index is 0.289. The average Bonchev–Trinajstić information content (AvgIpc) is 3.02. The van der Waals surface area contributed by atoms with Gasteiger partial charge >= 0.3 is 0 Å². The van der Waals surface area contributed by atoms with Gasteiger partial charge < -0.3 is 14.8 Å². The van der Waals surface area contributed by atoms with E-state index in [9.17, 15) is 4.79 Å². The fourth-order valence-electron chi connectivity index (χ4n) is 5.16. The first-order valence-electron chi connectivity index (χ1n) is 8.71. The van der Waals surface area contributed by atoms with Crippen LogP contribution >= 0.6 is 0 Å². The molecule has 3 aliphatic rings. The lowest BCUT2D eigenvalue weighted by molar-refractivity contribution is -0.123. The van der Waals surface area contributed by atoms with Gasteiger partial charge in [-0.05, 0) is 67.1 Å². The molecule has 3 saturated carbocycles. The molecule has 1 amide bonds.